The Morgan fingerprint density at radius 3 is 2.42 bits per heavy atom. The van der Waals surface area contributed by atoms with Gasteiger partial charge in [-0.1, -0.05) is 44.2 Å². The fourth-order valence-electron chi connectivity index (χ4n) is 5.32. The molecule has 5 atom stereocenters. The molecule has 0 aromatic heterocycles. The summed E-state index contributed by atoms with van der Waals surface area (Å²) in [5, 5.41) is 0. The van der Waals surface area contributed by atoms with Crippen molar-refractivity contribution in [2.24, 2.45) is 16.7 Å². The third kappa shape index (κ3) is 2.00. The molecule has 0 radical (unpaired) electrons. The molecule has 130 valence electrons. The highest BCUT2D eigenvalue weighted by atomic mass is 32.2. The van der Waals surface area contributed by atoms with E-state index in [4.69, 9.17) is 0 Å². The van der Waals surface area contributed by atoms with E-state index < -0.39 is 15.4 Å². The van der Waals surface area contributed by atoms with Crippen LogP contribution >= 0.6 is 0 Å². The number of benzene rings is 1. The van der Waals surface area contributed by atoms with Crippen LogP contribution in [0.15, 0.2) is 30.3 Å². The third-order valence-electron chi connectivity index (χ3n) is 7.07. The first-order chi connectivity index (χ1) is 11.2. The number of nitrogens with zero attached hydrogens (tertiary/aromatic N) is 1. The summed E-state index contributed by atoms with van der Waals surface area (Å²) in [5.74, 6) is 0.491. The van der Waals surface area contributed by atoms with Crippen molar-refractivity contribution in [2.75, 3.05) is 5.75 Å². The van der Waals surface area contributed by atoms with Gasteiger partial charge in [-0.15, -0.1) is 0 Å². The SMILES string of the molecule is C[C@@H]1[C@@H](c2ccccc2)N1S(=O)(=O)CC12CCC(CC1=O)C2(C)C. The van der Waals surface area contributed by atoms with Crippen molar-refractivity contribution in [2.45, 2.75) is 52.1 Å². The zero-order chi connectivity index (χ0) is 17.3. The highest BCUT2D eigenvalue weighted by Crippen LogP contribution is 2.65. The fraction of sp³-hybridized carbons (Fsp3) is 0.632. The molecule has 2 bridgehead atoms. The Labute approximate surface area is 144 Å². The molecule has 4 nitrogen and oxygen atoms in total. The summed E-state index contributed by atoms with van der Waals surface area (Å²) in [7, 11) is -3.45. The number of hydrogen-bond acceptors (Lipinski definition) is 3. The van der Waals surface area contributed by atoms with Gasteiger partial charge >= 0.3 is 0 Å². The molecule has 1 heterocycles. The maximum Gasteiger partial charge on any atom is 0.216 e. The molecule has 2 aliphatic carbocycles. The van der Waals surface area contributed by atoms with E-state index in [0.717, 1.165) is 18.4 Å². The van der Waals surface area contributed by atoms with E-state index in [0.29, 0.717) is 12.3 Å². The molecule has 1 aromatic carbocycles. The normalized spacial score (nSPS) is 40.0. The average molecular weight is 347 g/mol. The van der Waals surface area contributed by atoms with Crippen molar-refractivity contribution in [1.82, 2.24) is 4.31 Å². The van der Waals surface area contributed by atoms with Gasteiger partial charge in [0.2, 0.25) is 10.0 Å². The van der Waals surface area contributed by atoms with Crippen LogP contribution in [-0.4, -0.2) is 30.3 Å². The summed E-state index contributed by atoms with van der Waals surface area (Å²) < 4.78 is 27.9. The molecule has 4 rings (SSSR count). The van der Waals surface area contributed by atoms with Crippen molar-refractivity contribution in [3.05, 3.63) is 35.9 Å². The van der Waals surface area contributed by atoms with Gasteiger partial charge in [-0.25, -0.2) is 8.42 Å². The lowest BCUT2D eigenvalue weighted by Gasteiger charge is -2.36. The molecule has 0 N–H and O–H groups in total. The molecule has 2 saturated carbocycles. The number of hydrogen-bond donors (Lipinski definition) is 0. The Bertz CT molecular complexity index is 786. The zero-order valence-corrected chi connectivity index (χ0v) is 15.3. The predicted molar refractivity (Wildman–Crippen MR) is 92.8 cm³/mol. The van der Waals surface area contributed by atoms with Crippen LogP contribution in [0.2, 0.25) is 0 Å². The lowest BCUT2D eigenvalue weighted by molar-refractivity contribution is -0.128. The standard InChI is InChI=1S/C19H25NO3S/c1-13-17(14-7-5-4-6-8-14)20(13)24(22,23)12-19-10-9-15(11-16(19)21)18(19,2)3/h4-8,13,15,17H,9-12H2,1-3H3/t13-,15?,17+,19?,20?/m1/s1. The number of sulfonamides is 1. The van der Waals surface area contributed by atoms with Crippen LogP contribution in [0.1, 0.15) is 51.6 Å². The Kier molecular flexibility index (Phi) is 3.33. The minimum absolute atomic E-state index is 0.0179. The number of carbonyl (C=O) groups excluding carboxylic acids is 1. The van der Waals surface area contributed by atoms with Gasteiger partial charge in [-0.05, 0) is 36.7 Å². The minimum atomic E-state index is -3.45. The van der Waals surface area contributed by atoms with E-state index in [2.05, 4.69) is 13.8 Å². The van der Waals surface area contributed by atoms with Gasteiger partial charge in [0.25, 0.3) is 0 Å². The molecular weight excluding hydrogens is 322 g/mol. The minimum Gasteiger partial charge on any atom is -0.299 e. The molecule has 1 aliphatic heterocycles. The topological polar surface area (TPSA) is 54.2 Å². The van der Waals surface area contributed by atoms with Gasteiger partial charge in [-0.3, -0.25) is 4.79 Å². The second-order valence-electron chi connectivity index (χ2n) is 8.35. The quantitative estimate of drug-likeness (QED) is 0.786. The molecule has 24 heavy (non-hydrogen) atoms. The van der Waals surface area contributed by atoms with Crippen molar-refractivity contribution in [3.8, 4) is 0 Å². The van der Waals surface area contributed by atoms with Crippen LogP contribution < -0.4 is 0 Å². The van der Waals surface area contributed by atoms with Gasteiger partial charge in [0, 0.05) is 17.9 Å². The Morgan fingerprint density at radius 2 is 1.88 bits per heavy atom. The largest absolute Gasteiger partial charge is 0.299 e. The van der Waals surface area contributed by atoms with E-state index in [-0.39, 0.29) is 29.0 Å². The van der Waals surface area contributed by atoms with Crippen LogP contribution in [0, 0.1) is 16.7 Å². The molecule has 1 saturated heterocycles. The van der Waals surface area contributed by atoms with Gasteiger partial charge in [0.15, 0.2) is 0 Å². The first-order valence-corrected chi connectivity index (χ1v) is 10.4. The maximum atomic E-state index is 13.1. The summed E-state index contributed by atoms with van der Waals surface area (Å²) in [5.41, 5.74) is 0.144. The summed E-state index contributed by atoms with van der Waals surface area (Å²) in [4.78, 5) is 12.6. The number of rotatable bonds is 4. The van der Waals surface area contributed by atoms with Crippen molar-refractivity contribution >= 4 is 15.8 Å². The first kappa shape index (κ1) is 16.3. The van der Waals surface area contributed by atoms with Crippen molar-refractivity contribution in [1.29, 1.82) is 0 Å². The Morgan fingerprint density at radius 1 is 1.21 bits per heavy atom. The van der Waals surface area contributed by atoms with Gasteiger partial charge < -0.3 is 0 Å². The van der Waals surface area contributed by atoms with Crippen LogP contribution in [-0.2, 0) is 14.8 Å². The molecule has 5 heteroatoms. The Balaban J connectivity index is 1.62. The first-order valence-electron chi connectivity index (χ1n) is 8.80. The van der Waals surface area contributed by atoms with E-state index in [1.807, 2.05) is 37.3 Å². The lowest BCUT2D eigenvalue weighted by atomic mass is 9.70. The van der Waals surface area contributed by atoms with Crippen LogP contribution in [0.25, 0.3) is 0 Å². The number of Topliss-reactive ketones (excluding diaryl/α,β-unsaturated/α-hetero) is 1. The number of fused-ring (bicyclic) bond motifs is 2. The van der Waals surface area contributed by atoms with E-state index in [1.165, 1.54) is 0 Å². The maximum absolute atomic E-state index is 13.1. The summed E-state index contributed by atoms with van der Waals surface area (Å²) >= 11 is 0. The van der Waals surface area contributed by atoms with Gasteiger partial charge in [0.05, 0.1) is 11.8 Å². The summed E-state index contributed by atoms with van der Waals surface area (Å²) in [6, 6.07) is 9.67. The zero-order valence-electron chi connectivity index (χ0n) is 14.5. The molecule has 3 unspecified atom stereocenters. The predicted octanol–water partition coefficient (Wildman–Crippen LogP) is 3.16. The molecule has 0 amide bonds. The second-order valence-corrected chi connectivity index (χ2v) is 10.2. The lowest BCUT2D eigenvalue weighted by Crippen LogP contribution is -2.43. The molecule has 0 spiro atoms. The highest BCUT2D eigenvalue weighted by Gasteiger charge is 2.67. The fourth-order valence-corrected chi connectivity index (χ4v) is 7.98. The van der Waals surface area contributed by atoms with Crippen molar-refractivity contribution < 1.29 is 13.2 Å². The monoisotopic (exact) mass is 347 g/mol. The number of ketones is 1. The van der Waals surface area contributed by atoms with Crippen LogP contribution in [0.4, 0.5) is 0 Å². The van der Waals surface area contributed by atoms with E-state index in [9.17, 15) is 13.2 Å². The summed E-state index contributed by atoms with van der Waals surface area (Å²) in [6.07, 6.45) is 2.26. The molecular formula is C19H25NO3S. The molecule has 3 aliphatic rings. The smallest absolute Gasteiger partial charge is 0.216 e. The van der Waals surface area contributed by atoms with Gasteiger partial charge in [0.1, 0.15) is 5.78 Å². The van der Waals surface area contributed by atoms with E-state index in [1.54, 1.807) is 4.31 Å². The Hall–Kier alpha value is -1.20. The van der Waals surface area contributed by atoms with Crippen LogP contribution in [0.5, 0.6) is 0 Å². The van der Waals surface area contributed by atoms with Gasteiger partial charge in [-0.2, -0.15) is 4.31 Å². The molecule has 1 aromatic rings. The second kappa shape index (κ2) is 4.92. The highest BCUT2D eigenvalue weighted by molar-refractivity contribution is 7.89. The summed E-state index contributed by atoms with van der Waals surface area (Å²) in [6.45, 7) is 6.13. The average Bonchev–Trinajstić information content (AvgIpc) is 3.11. The molecule has 3 fully saturated rings. The third-order valence-corrected chi connectivity index (χ3v) is 9.13. The van der Waals surface area contributed by atoms with Crippen molar-refractivity contribution in [3.63, 3.8) is 0 Å². The number of carbonyl (C=O) groups is 1. The van der Waals surface area contributed by atoms with E-state index >= 15 is 0 Å². The van der Waals surface area contributed by atoms with Crippen LogP contribution in [0.3, 0.4) is 0 Å².